The fourth-order valence-electron chi connectivity index (χ4n) is 4.53. The third kappa shape index (κ3) is 5.25. The van der Waals surface area contributed by atoms with Gasteiger partial charge in [0.1, 0.15) is 12.7 Å². The fraction of sp³-hybridized carbons (Fsp3) is 0.321. The standard InChI is InChI=1S/C28H33NO4Si/c1-34(2,3)20-14-12-19(13-15-20)27(31)26(30)16-17-29-28(32)33-18-25-23-10-6-4-8-21(23)22-9-5-7-11-24(22)25/h4-15,25-27,30-31H,16-18H2,1-3H3,(H,29,32). The first-order valence-corrected chi connectivity index (χ1v) is 15.3. The van der Waals surface area contributed by atoms with Gasteiger partial charge in [0.15, 0.2) is 0 Å². The van der Waals surface area contributed by atoms with E-state index in [1.807, 2.05) is 48.5 Å². The van der Waals surface area contributed by atoms with Gasteiger partial charge in [0.25, 0.3) is 0 Å². The van der Waals surface area contributed by atoms with Crippen molar-refractivity contribution in [1.29, 1.82) is 0 Å². The maximum atomic E-state index is 12.3. The van der Waals surface area contributed by atoms with Gasteiger partial charge >= 0.3 is 6.09 Å². The highest BCUT2D eigenvalue weighted by atomic mass is 28.3. The van der Waals surface area contributed by atoms with Gasteiger partial charge in [-0.05, 0) is 34.2 Å². The van der Waals surface area contributed by atoms with E-state index in [9.17, 15) is 15.0 Å². The molecule has 34 heavy (non-hydrogen) atoms. The van der Waals surface area contributed by atoms with Gasteiger partial charge in [0.2, 0.25) is 0 Å². The van der Waals surface area contributed by atoms with E-state index in [1.165, 1.54) is 16.3 Å². The summed E-state index contributed by atoms with van der Waals surface area (Å²) in [5.41, 5.74) is 5.37. The molecule has 0 aliphatic heterocycles. The number of aliphatic hydroxyl groups excluding tert-OH is 2. The van der Waals surface area contributed by atoms with Gasteiger partial charge in [-0.1, -0.05) is 97.6 Å². The zero-order valence-electron chi connectivity index (χ0n) is 20.0. The number of carbonyl (C=O) groups is 1. The Labute approximate surface area is 202 Å². The Balaban J connectivity index is 1.26. The molecule has 0 bridgehead atoms. The van der Waals surface area contributed by atoms with Crippen LogP contribution in [-0.4, -0.2) is 43.6 Å². The van der Waals surface area contributed by atoms with Crippen molar-refractivity contribution in [1.82, 2.24) is 5.32 Å². The van der Waals surface area contributed by atoms with Crippen LogP contribution in [0.1, 0.15) is 35.1 Å². The molecule has 4 rings (SSSR count). The van der Waals surface area contributed by atoms with E-state index in [0.717, 1.165) is 11.1 Å². The van der Waals surface area contributed by atoms with Crippen molar-refractivity contribution in [3.63, 3.8) is 0 Å². The van der Waals surface area contributed by atoms with Gasteiger partial charge in [-0.15, -0.1) is 0 Å². The first-order valence-electron chi connectivity index (χ1n) is 11.8. The minimum absolute atomic E-state index is 0.00435. The number of hydrogen-bond acceptors (Lipinski definition) is 4. The van der Waals surface area contributed by atoms with E-state index in [-0.39, 0.29) is 25.5 Å². The molecule has 178 valence electrons. The van der Waals surface area contributed by atoms with Crippen LogP contribution in [0.25, 0.3) is 11.1 Å². The number of carbonyl (C=O) groups excluding carboxylic acids is 1. The van der Waals surface area contributed by atoms with E-state index in [1.54, 1.807) is 0 Å². The average Bonchev–Trinajstić information content (AvgIpc) is 3.15. The molecule has 0 saturated heterocycles. The van der Waals surface area contributed by atoms with Crippen LogP contribution in [-0.2, 0) is 4.74 Å². The molecule has 0 fully saturated rings. The van der Waals surface area contributed by atoms with E-state index >= 15 is 0 Å². The lowest BCUT2D eigenvalue weighted by Gasteiger charge is -2.21. The Bertz CT molecular complexity index is 1090. The SMILES string of the molecule is C[Si](C)(C)c1ccc(C(O)C(O)CCNC(=O)OCC2c3ccccc3-c3ccccc32)cc1. The van der Waals surface area contributed by atoms with E-state index in [0.29, 0.717) is 5.56 Å². The summed E-state index contributed by atoms with van der Waals surface area (Å²) in [5, 5.41) is 24.9. The second-order valence-corrected chi connectivity index (χ2v) is 15.0. The summed E-state index contributed by atoms with van der Waals surface area (Å²) >= 11 is 0. The topological polar surface area (TPSA) is 78.8 Å². The number of fused-ring (bicyclic) bond motifs is 3. The molecule has 3 aromatic rings. The van der Waals surface area contributed by atoms with Crippen LogP contribution in [0.15, 0.2) is 72.8 Å². The van der Waals surface area contributed by atoms with Gasteiger partial charge < -0.3 is 20.3 Å². The van der Waals surface area contributed by atoms with Crippen LogP contribution >= 0.6 is 0 Å². The number of benzene rings is 3. The minimum atomic E-state index is -1.41. The molecule has 0 spiro atoms. The second-order valence-electron chi connectivity index (χ2n) is 9.93. The van der Waals surface area contributed by atoms with Gasteiger partial charge in [-0.2, -0.15) is 0 Å². The Morgan fingerprint density at radius 3 is 2.03 bits per heavy atom. The predicted octanol–water partition coefficient (Wildman–Crippen LogP) is 4.55. The summed E-state index contributed by atoms with van der Waals surface area (Å²) in [4.78, 5) is 12.3. The van der Waals surface area contributed by atoms with Crippen LogP contribution in [0, 0.1) is 0 Å². The lowest BCUT2D eigenvalue weighted by Crippen LogP contribution is -2.37. The summed E-state index contributed by atoms with van der Waals surface area (Å²) in [5.74, 6) is 0.00435. The monoisotopic (exact) mass is 475 g/mol. The average molecular weight is 476 g/mol. The second kappa shape index (κ2) is 10.1. The summed E-state index contributed by atoms with van der Waals surface area (Å²) < 4.78 is 5.52. The summed E-state index contributed by atoms with van der Waals surface area (Å²) in [6.07, 6.45) is -2.28. The number of aliphatic hydroxyl groups is 2. The minimum Gasteiger partial charge on any atom is -0.449 e. The van der Waals surface area contributed by atoms with Crippen molar-refractivity contribution in [2.75, 3.05) is 13.2 Å². The third-order valence-electron chi connectivity index (χ3n) is 6.54. The van der Waals surface area contributed by atoms with Crippen molar-refractivity contribution in [3.8, 4) is 11.1 Å². The quantitative estimate of drug-likeness (QED) is 0.418. The molecule has 0 radical (unpaired) electrons. The molecule has 1 aliphatic carbocycles. The van der Waals surface area contributed by atoms with Gasteiger partial charge in [0.05, 0.1) is 14.2 Å². The zero-order chi connectivity index (χ0) is 24.3. The van der Waals surface area contributed by atoms with Crippen molar-refractivity contribution in [3.05, 3.63) is 89.5 Å². The highest BCUT2D eigenvalue weighted by Crippen LogP contribution is 2.44. The fourth-order valence-corrected chi connectivity index (χ4v) is 5.70. The number of alkyl carbamates (subject to hydrolysis) is 1. The molecular formula is C28H33NO4Si. The van der Waals surface area contributed by atoms with E-state index in [4.69, 9.17) is 4.74 Å². The van der Waals surface area contributed by atoms with Crippen molar-refractivity contribution in [2.24, 2.45) is 0 Å². The van der Waals surface area contributed by atoms with Crippen LogP contribution in [0.3, 0.4) is 0 Å². The summed E-state index contributed by atoms with van der Waals surface area (Å²) in [6, 6.07) is 24.2. The molecule has 3 aromatic carbocycles. The lowest BCUT2D eigenvalue weighted by molar-refractivity contribution is 0.0137. The summed E-state index contributed by atoms with van der Waals surface area (Å²) in [6.45, 7) is 7.25. The molecule has 3 N–H and O–H groups in total. The van der Waals surface area contributed by atoms with Crippen LogP contribution in [0.4, 0.5) is 4.79 Å². The summed E-state index contributed by atoms with van der Waals surface area (Å²) in [7, 11) is -1.41. The molecule has 2 unspecified atom stereocenters. The predicted molar refractivity (Wildman–Crippen MR) is 138 cm³/mol. The molecule has 0 aromatic heterocycles. The Kier molecular flexibility index (Phi) is 7.21. The number of ether oxygens (including phenoxy) is 1. The molecule has 2 atom stereocenters. The number of rotatable bonds is 8. The maximum absolute atomic E-state index is 12.3. The number of hydrogen-bond donors (Lipinski definition) is 3. The first-order chi connectivity index (χ1) is 16.3. The Morgan fingerprint density at radius 2 is 1.47 bits per heavy atom. The number of amides is 1. The van der Waals surface area contributed by atoms with Crippen molar-refractivity contribution >= 4 is 19.4 Å². The highest BCUT2D eigenvalue weighted by Gasteiger charge is 2.29. The molecule has 0 saturated carbocycles. The number of nitrogens with one attached hydrogen (secondary N) is 1. The van der Waals surface area contributed by atoms with Gasteiger partial charge in [-0.3, -0.25) is 0 Å². The molecule has 6 heteroatoms. The molecule has 0 heterocycles. The molecule has 5 nitrogen and oxygen atoms in total. The van der Waals surface area contributed by atoms with Gasteiger partial charge in [0, 0.05) is 12.5 Å². The van der Waals surface area contributed by atoms with E-state index < -0.39 is 26.4 Å². The van der Waals surface area contributed by atoms with Crippen LogP contribution in [0.2, 0.25) is 19.6 Å². The third-order valence-corrected chi connectivity index (χ3v) is 8.60. The van der Waals surface area contributed by atoms with Crippen molar-refractivity contribution < 1.29 is 19.7 Å². The molecular weight excluding hydrogens is 442 g/mol. The first kappa shape index (κ1) is 24.2. The normalized spacial score (nSPS) is 14.7. The van der Waals surface area contributed by atoms with Crippen LogP contribution in [0.5, 0.6) is 0 Å². The van der Waals surface area contributed by atoms with Crippen molar-refractivity contribution in [2.45, 2.75) is 44.2 Å². The van der Waals surface area contributed by atoms with E-state index in [2.05, 4.69) is 49.2 Å². The molecule has 1 aliphatic rings. The zero-order valence-corrected chi connectivity index (χ0v) is 21.0. The maximum Gasteiger partial charge on any atom is 0.407 e. The smallest absolute Gasteiger partial charge is 0.407 e. The van der Waals surface area contributed by atoms with Gasteiger partial charge in [-0.25, -0.2) is 4.79 Å². The largest absolute Gasteiger partial charge is 0.449 e. The highest BCUT2D eigenvalue weighted by molar-refractivity contribution is 6.88. The van der Waals surface area contributed by atoms with Crippen LogP contribution < -0.4 is 10.5 Å². The Morgan fingerprint density at radius 1 is 0.912 bits per heavy atom. The Hall–Kier alpha value is -2.93. The lowest BCUT2D eigenvalue weighted by atomic mass is 9.98. The molecule has 1 amide bonds.